The Balaban J connectivity index is 3.23. The molecule has 0 heterocycles. The summed E-state index contributed by atoms with van der Waals surface area (Å²) in [4.78, 5) is 0. The van der Waals surface area contributed by atoms with Gasteiger partial charge in [-0.1, -0.05) is 0 Å². The Hall–Kier alpha value is -0.730. The fraction of sp³-hybridized carbons (Fsp3) is 0.800. The predicted molar refractivity (Wildman–Crippen MR) is 52.4 cm³/mol. The standard InChI is InChI=1S/C10H16F3NO/c1-3-5-9(2)14-6-4-7-15-8-10(11,12)13/h1,9,14H,4-8H2,2H3. The fourth-order valence-electron chi connectivity index (χ4n) is 0.960. The monoisotopic (exact) mass is 223 g/mol. The maximum absolute atomic E-state index is 11.6. The summed E-state index contributed by atoms with van der Waals surface area (Å²) in [6.45, 7) is 1.47. The second-order valence-corrected chi connectivity index (χ2v) is 3.28. The number of halogens is 3. The second kappa shape index (κ2) is 7.55. The van der Waals surface area contributed by atoms with Crippen LogP contribution >= 0.6 is 0 Å². The first-order valence-electron chi connectivity index (χ1n) is 4.77. The van der Waals surface area contributed by atoms with Crippen molar-refractivity contribution in [1.29, 1.82) is 0 Å². The van der Waals surface area contributed by atoms with Crippen molar-refractivity contribution in [2.45, 2.75) is 32.0 Å². The highest BCUT2D eigenvalue weighted by Gasteiger charge is 2.27. The molecule has 15 heavy (non-hydrogen) atoms. The van der Waals surface area contributed by atoms with Crippen molar-refractivity contribution in [3.8, 4) is 12.3 Å². The average Bonchev–Trinajstić information content (AvgIpc) is 2.09. The van der Waals surface area contributed by atoms with E-state index in [2.05, 4.69) is 16.0 Å². The molecule has 0 aliphatic carbocycles. The van der Waals surface area contributed by atoms with Gasteiger partial charge in [0.15, 0.2) is 0 Å². The molecule has 88 valence electrons. The van der Waals surface area contributed by atoms with Crippen LogP contribution in [0.1, 0.15) is 19.8 Å². The summed E-state index contributed by atoms with van der Waals surface area (Å²) in [6.07, 6.45) is 2.02. The molecule has 2 nitrogen and oxygen atoms in total. The fourth-order valence-corrected chi connectivity index (χ4v) is 0.960. The highest BCUT2D eigenvalue weighted by atomic mass is 19.4. The van der Waals surface area contributed by atoms with E-state index < -0.39 is 12.8 Å². The van der Waals surface area contributed by atoms with Crippen LogP contribution in [0, 0.1) is 12.3 Å². The Morgan fingerprint density at radius 2 is 2.13 bits per heavy atom. The third kappa shape index (κ3) is 11.2. The SMILES string of the molecule is C#CCC(C)NCCCOCC(F)(F)F. The minimum Gasteiger partial charge on any atom is -0.372 e. The lowest BCUT2D eigenvalue weighted by molar-refractivity contribution is -0.173. The number of rotatable bonds is 7. The lowest BCUT2D eigenvalue weighted by Gasteiger charge is -2.11. The van der Waals surface area contributed by atoms with Crippen molar-refractivity contribution in [1.82, 2.24) is 5.32 Å². The molecule has 0 fully saturated rings. The summed E-state index contributed by atoms with van der Waals surface area (Å²) in [5.74, 6) is 2.50. The molecule has 0 saturated carbocycles. The van der Waals surface area contributed by atoms with Crippen LogP contribution in [0.25, 0.3) is 0 Å². The first-order valence-corrected chi connectivity index (χ1v) is 4.77. The molecule has 0 bridgehead atoms. The van der Waals surface area contributed by atoms with E-state index in [1.165, 1.54) is 0 Å². The van der Waals surface area contributed by atoms with Crippen LogP contribution in [0.5, 0.6) is 0 Å². The number of alkyl halides is 3. The highest BCUT2D eigenvalue weighted by molar-refractivity contribution is 4.87. The molecule has 0 aliphatic rings. The molecule has 0 saturated heterocycles. The summed E-state index contributed by atoms with van der Waals surface area (Å²) in [5.41, 5.74) is 0. The van der Waals surface area contributed by atoms with E-state index in [-0.39, 0.29) is 12.6 Å². The van der Waals surface area contributed by atoms with E-state index in [9.17, 15) is 13.2 Å². The van der Waals surface area contributed by atoms with Gasteiger partial charge < -0.3 is 10.1 Å². The van der Waals surface area contributed by atoms with Gasteiger partial charge in [-0.05, 0) is 19.9 Å². The van der Waals surface area contributed by atoms with E-state index in [0.29, 0.717) is 19.4 Å². The van der Waals surface area contributed by atoms with Gasteiger partial charge in [-0.3, -0.25) is 0 Å². The number of hydrogen-bond donors (Lipinski definition) is 1. The summed E-state index contributed by atoms with van der Waals surface area (Å²) >= 11 is 0. The van der Waals surface area contributed by atoms with Crippen molar-refractivity contribution in [2.24, 2.45) is 0 Å². The van der Waals surface area contributed by atoms with Crippen molar-refractivity contribution < 1.29 is 17.9 Å². The smallest absolute Gasteiger partial charge is 0.372 e. The summed E-state index contributed by atoms with van der Waals surface area (Å²) in [7, 11) is 0. The molecule has 0 aliphatic heterocycles. The average molecular weight is 223 g/mol. The highest BCUT2D eigenvalue weighted by Crippen LogP contribution is 2.14. The molecule has 0 radical (unpaired) electrons. The topological polar surface area (TPSA) is 21.3 Å². The molecule has 5 heteroatoms. The maximum atomic E-state index is 11.6. The minimum atomic E-state index is -4.23. The molecule has 0 aromatic rings. The number of nitrogens with one attached hydrogen (secondary N) is 1. The first kappa shape index (κ1) is 14.3. The van der Waals surface area contributed by atoms with Gasteiger partial charge in [0.1, 0.15) is 6.61 Å². The van der Waals surface area contributed by atoms with Gasteiger partial charge >= 0.3 is 6.18 Å². The van der Waals surface area contributed by atoms with Crippen LogP contribution in [0.4, 0.5) is 13.2 Å². The van der Waals surface area contributed by atoms with Crippen molar-refractivity contribution in [3.05, 3.63) is 0 Å². The molecule has 1 unspecified atom stereocenters. The molecule has 0 spiro atoms. The van der Waals surface area contributed by atoms with E-state index >= 15 is 0 Å². The molecule has 1 atom stereocenters. The van der Waals surface area contributed by atoms with Crippen LogP contribution in [-0.2, 0) is 4.74 Å². The summed E-state index contributed by atoms with van der Waals surface area (Å²) in [5, 5.41) is 3.08. The van der Waals surface area contributed by atoms with Gasteiger partial charge in [0.25, 0.3) is 0 Å². The lowest BCUT2D eigenvalue weighted by atomic mass is 10.2. The van der Waals surface area contributed by atoms with Crippen LogP contribution in [0.3, 0.4) is 0 Å². The third-order valence-electron chi connectivity index (χ3n) is 1.65. The Bertz CT molecular complexity index is 198. The zero-order chi connectivity index (χ0) is 11.7. The summed E-state index contributed by atoms with van der Waals surface area (Å²) < 4.78 is 39.3. The third-order valence-corrected chi connectivity index (χ3v) is 1.65. The second-order valence-electron chi connectivity index (χ2n) is 3.28. The normalized spacial score (nSPS) is 13.5. The largest absolute Gasteiger partial charge is 0.411 e. The molecule has 0 rings (SSSR count). The van der Waals surface area contributed by atoms with E-state index in [4.69, 9.17) is 6.42 Å². The summed E-state index contributed by atoms with van der Waals surface area (Å²) in [6, 6.07) is 0.192. The quantitative estimate of drug-likeness (QED) is 0.526. The molecular formula is C10H16F3NO. The van der Waals surface area contributed by atoms with Gasteiger partial charge in [-0.25, -0.2) is 0 Å². The van der Waals surface area contributed by atoms with Gasteiger partial charge in [-0.2, -0.15) is 13.2 Å². The molecule has 0 aromatic heterocycles. The van der Waals surface area contributed by atoms with Crippen LogP contribution in [0.15, 0.2) is 0 Å². The Morgan fingerprint density at radius 3 is 2.67 bits per heavy atom. The minimum absolute atomic E-state index is 0.106. The van der Waals surface area contributed by atoms with Crippen molar-refractivity contribution in [2.75, 3.05) is 19.8 Å². The number of terminal acetylenes is 1. The van der Waals surface area contributed by atoms with Crippen LogP contribution in [0.2, 0.25) is 0 Å². The lowest BCUT2D eigenvalue weighted by Crippen LogP contribution is -2.27. The number of ether oxygens (including phenoxy) is 1. The zero-order valence-corrected chi connectivity index (χ0v) is 8.73. The zero-order valence-electron chi connectivity index (χ0n) is 8.73. The molecule has 1 N–H and O–H groups in total. The van der Waals surface area contributed by atoms with E-state index in [1.807, 2.05) is 6.92 Å². The molecule has 0 aromatic carbocycles. The predicted octanol–water partition coefficient (Wildman–Crippen LogP) is 1.96. The number of hydrogen-bond acceptors (Lipinski definition) is 2. The van der Waals surface area contributed by atoms with E-state index in [1.54, 1.807) is 0 Å². The van der Waals surface area contributed by atoms with E-state index in [0.717, 1.165) is 0 Å². The first-order chi connectivity index (χ1) is 6.95. The molecule has 0 amide bonds. The van der Waals surface area contributed by atoms with Crippen LogP contribution < -0.4 is 5.32 Å². The Labute approximate surface area is 88.2 Å². The molecular weight excluding hydrogens is 207 g/mol. The van der Waals surface area contributed by atoms with Crippen LogP contribution in [-0.4, -0.2) is 32.0 Å². The van der Waals surface area contributed by atoms with Crippen molar-refractivity contribution >= 4 is 0 Å². The Morgan fingerprint density at radius 1 is 1.47 bits per heavy atom. The van der Waals surface area contributed by atoms with Gasteiger partial charge in [0.05, 0.1) is 0 Å². The van der Waals surface area contributed by atoms with Gasteiger partial charge in [-0.15, -0.1) is 12.3 Å². The Kier molecular flexibility index (Phi) is 7.18. The van der Waals surface area contributed by atoms with Gasteiger partial charge in [0.2, 0.25) is 0 Å². The maximum Gasteiger partial charge on any atom is 0.411 e. The van der Waals surface area contributed by atoms with Crippen molar-refractivity contribution in [3.63, 3.8) is 0 Å². The van der Waals surface area contributed by atoms with Gasteiger partial charge in [0, 0.05) is 19.1 Å².